The van der Waals surface area contributed by atoms with E-state index in [1.165, 1.54) is 51.4 Å². The van der Waals surface area contributed by atoms with E-state index in [4.69, 9.17) is 9.84 Å². The molecule has 196 valence electrons. The number of carboxylic acid groups (broad SMARTS) is 1. The van der Waals surface area contributed by atoms with Crippen molar-refractivity contribution in [2.45, 2.75) is 142 Å². The molecule has 4 heteroatoms. The van der Waals surface area contributed by atoms with Gasteiger partial charge in [-0.25, -0.2) is 0 Å². The van der Waals surface area contributed by atoms with Gasteiger partial charge in [-0.1, -0.05) is 95.6 Å². The fraction of sp³-hybridized carbons (Fsp3) is 0.733. The molecular formula is C30H52O4. The lowest BCUT2D eigenvalue weighted by Gasteiger charge is -2.14. The van der Waals surface area contributed by atoms with Crippen LogP contribution in [0.25, 0.3) is 0 Å². The highest BCUT2D eigenvalue weighted by atomic mass is 16.5. The number of esters is 1. The Morgan fingerprint density at radius 2 is 1.29 bits per heavy atom. The van der Waals surface area contributed by atoms with E-state index in [9.17, 15) is 9.59 Å². The quantitative estimate of drug-likeness (QED) is 0.0857. The van der Waals surface area contributed by atoms with Gasteiger partial charge in [-0.15, -0.1) is 0 Å². The SMILES string of the molecule is CCC/C=C\CCCCCCCC(=O)OC(/C=C\C/C=C\CCCC)CCCCCCC(=O)O. The first-order valence-corrected chi connectivity index (χ1v) is 14.0. The zero-order valence-corrected chi connectivity index (χ0v) is 22.1. The summed E-state index contributed by atoms with van der Waals surface area (Å²) in [5, 5.41) is 8.74. The van der Waals surface area contributed by atoms with Crippen LogP contribution in [-0.4, -0.2) is 23.1 Å². The maximum absolute atomic E-state index is 12.4. The molecule has 34 heavy (non-hydrogen) atoms. The zero-order valence-electron chi connectivity index (χ0n) is 22.1. The summed E-state index contributed by atoms with van der Waals surface area (Å²) in [7, 11) is 0. The average Bonchev–Trinajstić information content (AvgIpc) is 2.81. The molecule has 0 spiro atoms. The molecule has 0 bridgehead atoms. The first-order valence-electron chi connectivity index (χ1n) is 14.0. The first kappa shape index (κ1) is 32.2. The number of carboxylic acids is 1. The van der Waals surface area contributed by atoms with Crippen molar-refractivity contribution in [2.75, 3.05) is 0 Å². The highest BCUT2D eigenvalue weighted by Crippen LogP contribution is 2.14. The molecular weight excluding hydrogens is 424 g/mol. The molecule has 0 aromatic heterocycles. The van der Waals surface area contributed by atoms with Gasteiger partial charge in [0.05, 0.1) is 0 Å². The number of unbranched alkanes of at least 4 members (excludes halogenated alkanes) is 11. The topological polar surface area (TPSA) is 63.6 Å². The molecule has 0 fully saturated rings. The molecule has 1 N–H and O–H groups in total. The number of aliphatic carboxylic acids is 1. The first-order chi connectivity index (χ1) is 16.6. The number of carbonyl (C=O) groups is 2. The van der Waals surface area contributed by atoms with E-state index in [2.05, 4.69) is 44.2 Å². The van der Waals surface area contributed by atoms with Gasteiger partial charge in [0, 0.05) is 12.8 Å². The van der Waals surface area contributed by atoms with E-state index in [-0.39, 0.29) is 18.5 Å². The van der Waals surface area contributed by atoms with Gasteiger partial charge in [0.1, 0.15) is 6.10 Å². The van der Waals surface area contributed by atoms with Crippen LogP contribution in [0.5, 0.6) is 0 Å². The Balaban J connectivity index is 4.19. The van der Waals surface area contributed by atoms with Gasteiger partial charge in [-0.2, -0.15) is 0 Å². The van der Waals surface area contributed by atoms with Crippen molar-refractivity contribution in [3.8, 4) is 0 Å². The fourth-order valence-electron chi connectivity index (χ4n) is 3.71. The minimum Gasteiger partial charge on any atom is -0.481 e. The van der Waals surface area contributed by atoms with Crippen molar-refractivity contribution in [3.63, 3.8) is 0 Å². The second kappa shape index (κ2) is 25.8. The molecule has 0 radical (unpaired) electrons. The second-order valence-corrected chi connectivity index (χ2v) is 9.22. The normalized spacial score (nSPS) is 12.8. The summed E-state index contributed by atoms with van der Waals surface area (Å²) in [5.74, 6) is -0.827. The Morgan fingerprint density at radius 3 is 2.03 bits per heavy atom. The molecule has 0 heterocycles. The summed E-state index contributed by atoms with van der Waals surface area (Å²) < 4.78 is 5.77. The smallest absolute Gasteiger partial charge is 0.306 e. The molecule has 0 saturated heterocycles. The van der Waals surface area contributed by atoms with Crippen LogP contribution in [-0.2, 0) is 14.3 Å². The van der Waals surface area contributed by atoms with Crippen LogP contribution in [0.2, 0.25) is 0 Å². The Bertz CT molecular complexity index is 562. The summed E-state index contributed by atoms with van der Waals surface area (Å²) in [4.78, 5) is 23.0. The fourth-order valence-corrected chi connectivity index (χ4v) is 3.71. The second-order valence-electron chi connectivity index (χ2n) is 9.22. The lowest BCUT2D eigenvalue weighted by molar-refractivity contribution is -0.147. The number of allylic oxidation sites excluding steroid dienone is 5. The van der Waals surface area contributed by atoms with E-state index in [0.717, 1.165) is 51.4 Å². The Hall–Kier alpha value is -1.84. The Labute approximate surface area is 209 Å². The highest BCUT2D eigenvalue weighted by molar-refractivity contribution is 5.69. The molecule has 0 aliphatic rings. The van der Waals surface area contributed by atoms with Gasteiger partial charge in [0.15, 0.2) is 0 Å². The van der Waals surface area contributed by atoms with Crippen LogP contribution in [0, 0.1) is 0 Å². The van der Waals surface area contributed by atoms with E-state index in [0.29, 0.717) is 12.8 Å². The molecule has 4 nitrogen and oxygen atoms in total. The molecule has 1 unspecified atom stereocenters. The maximum atomic E-state index is 12.4. The lowest BCUT2D eigenvalue weighted by atomic mass is 10.1. The van der Waals surface area contributed by atoms with Crippen molar-refractivity contribution in [3.05, 3.63) is 36.5 Å². The summed E-state index contributed by atoms with van der Waals surface area (Å²) in [6, 6.07) is 0. The van der Waals surface area contributed by atoms with Crippen LogP contribution in [0.1, 0.15) is 136 Å². The van der Waals surface area contributed by atoms with Crippen molar-refractivity contribution in [1.82, 2.24) is 0 Å². The van der Waals surface area contributed by atoms with E-state index in [1.54, 1.807) is 0 Å². The van der Waals surface area contributed by atoms with Crippen LogP contribution in [0.15, 0.2) is 36.5 Å². The van der Waals surface area contributed by atoms with Crippen molar-refractivity contribution < 1.29 is 19.4 Å². The minimum atomic E-state index is -0.731. The molecule has 1 atom stereocenters. The third-order valence-corrected chi connectivity index (χ3v) is 5.80. The van der Waals surface area contributed by atoms with Crippen LogP contribution in [0.3, 0.4) is 0 Å². The van der Waals surface area contributed by atoms with Crippen LogP contribution in [0.4, 0.5) is 0 Å². The number of carbonyl (C=O) groups excluding carboxylic acids is 1. The van der Waals surface area contributed by atoms with Crippen LogP contribution < -0.4 is 0 Å². The maximum Gasteiger partial charge on any atom is 0.306 e. The van der Waals surface area contributed by atoms with Gasteiger partial charge >= 0.3 is 11.9 Å². The summed E-state index contributed by atoms with van der Waals surface area (Å²) >= 11 is 0. The van der Waals surface area contributed by atoms with E-state index < -0.39 is 5.97 Å². The van der Waals surface area contributed by atoms with E-state index in [1.807, 2.05) is 6.08 Å². The third-order valence-electron chi connectivity index (χ3n) is 5.80. The lowest BCUT2D eigenvalue weighted by Crippen LogP contribution is -2.16. The Morgan fingerprint density at radius 1 is 0.676 bits per heavy atom. The third kappa shape index (κ3) is 24.8. The van der Waals surface area contributed by atoms with Crippen molar-refractivity contribution in [2.24, 2.45) is 0 Å². The number of hydrogen-bond donors (Lipinski definition) is 1. The van der Waals surface area contributed by atoms with Gasteiger partial charge in [-0.3, -0.25) is 9.59 Å². The molecule has 0 aromatic carbocycles. The van der Waals surface area contributed by atoms with E-state index >= 15 is 0 Å². The average molecular weight is 477 g/mol. The largest absolute Gasteiger partial charge is 0.481 e. The van der Waals surface area contributed by atoms with Crippen molar-refractivity contribution in [1.29, 1.82) is 0 Å². The minimum absolute atomic E-state index is 0.0958. The highest BCUT2D eigenvalue weighted by Gasteiger charge is 2.11. The van der Waals surface area contributed by atoms with Gasteiger partial charge in [0.2, 0.25) is 0 Å². The number of ether oxygens (including phenoxy) is 1. The standard InChI is InChI=1S/C30H52O4/c1-3-5-7-9-11-12-13-15-17-23-27-30(33)34-28(24-20-16-14-10-8-6-4-2)25-21-18-19-22-26-29(31)32/h7,9-10,14,20,24,28H,3-6,8,11-13,15-19,21-23,25-27H2,1-2H3,(H,31,32)/b9-7-,14-10-,24-20-. The summed E-state index contributed by atoms with van der Waals surface area (Å²) in [6.45, 7) is 4.40. The molecule has 0 rings (SSSR count). The molecule has 0 amide bonds. The Kier molecular flexibility index (Phi) is 24.4. The van der Waals surface area contributed by atoms with Crippen molar-refractivity contribution >= 4 is 11.9 Å². The molecule has 0 aliphatic heterocycles. The van der Waals surface area contributed by atoms with Crippen LogP contribution >= 0.6 is 0 Å². The summed E-state index contributed by atoms with van der Waals surface area (Å²) in [6.07, 6.45) is 31.6. The molecule has 0 aliphatic carbocycles. The predicted octanol–water partition coefficient (Wildman–Crippen LogP) is 9.10. The monoisotopic (exact) mass is 476 g/mol. The van der Waals surface area contributed by atoms with Gasteiger partial charge < -0.3 is 9.84 Å². The van der Waals surface area contributed by atoms with Gasteiger partial charge in [0.25, 0.3) is 0 Å². The molecule has 0 aromatic rings. The zero-order chi connectivity index (χ0) is 25.1. The summed E-state index contributed by atoms with van der Waals surface area (Å²) in [5.41, 5.74) is 0. The predicted molar refractivity (Wildman–Crippen MR) is 144 cm³/mol. The number of rotatable bonds is 24. The number of hydrogen-bond acceptors (Lipinski definition) is 3. The van der Waals surface area contributed by atoms with Gasteiger partial charge in [-0.05, 0) is 63.9 Å². The molecule has 0 saturated carbocycles.